The molecule has 0 saturated heterocycles. The van der Waals surface area contributed by atoms with Crippen LogP contribution in [-0.2, 0) is 10.0 Å². The minimum absolute atomic E-state index is 0.155. The van der Waals surface area contributed by atoms with Crippen LogP contribution < -0.4 is 10.0 Å². The fraction of sp³-hybridized carbons (Fsp3) is 1.00. The van der Waals surface area contributed by atoms with Gasteiger partial charge in [0.1, 0.15) is 0 Å². The minimum atomic E-state index is -3.15. The molecular formula is C10H22N2O2S. The van der Waals surface area contributed by atoms with E-state index in [0.717, 1.165) is 25.8 Å². The molecule has 1 unspecified atom stereocenters. The van der Waals surface area contributed by atoms with Crippen LogP contribution in [0.25, 0.3) is 0 Å². The largest absolute Gasteiger partial charge is 0.315 e. The Hall–Kier alpha value is -0.130. The molecule has 1 aliphatic rings. The fourth-order valence-corrected chi connectivity index (χ4v) is 2.75. The summed E-state index contributed by atoms with van der Waals surface area (Å²) in [5, 5.41) is 2.77. The Balaban J connectivity index is 2.39. The molecule has 0 aliphatic heterocycles. The van der Waals surface area contributed by atoms with E-state index in [4.69, 9.17) is 0 Å². The highest BCUT2D eigenvalue weighted by atomic mass is 32.2. The third-order valence-corrected chi connectivity index (χ3v) is 4.78. The highest BCUT2D eigenvalue weighted by molar-refractivity contribution is 7.90. The molecule has 1 aliphatic carbocycles. The zero-order valence-electron chi connectivity index (χ0n) is 9.84. The zero-order chi connectivity index (χ0) is 11.5. The van der Waals surface area contributed by atoms with Gasteiger partial charge in [0.25, 0.3) is 0 Å². The number of hydrogen-bond acceptors (Lipinski definition) is 3. The van der Waals surface area contributed by atoms with Gasteiger partial charge in [-0.1, -0.05) is 6.92 Å². The van der Waals surface area contributed by atoms with E-state index >= 15 is 0 Å². The third-order valence-electron chi connectivity index (χ3n) is 2.78. The Morgan fingerprint density at radius 1 is 1.40 bits per heavy atom. The monoisotopic (exact) mass is 234 g/mol. The molecular weight excluding hydrogens is 212 g/mol. The first-order valence-electron chi connectivity index (χ1n) is 5.63. The predicted molar refractivity (Wildman–Crippen MR) is 62.3 cm³/mol. The third kappa shape index (κ3) is 4.09. The van der Waals surface area contributed by atoms with Gasteiger partial charge in [-0.25, -0.2) is 13.1 Å². The maximum absolute atomic E-state index is 11.8. The summed E-state index contributed by atoms with van der Waals surface area (Å²) >= 11 is 0. The summed E-state index contributed by atoms with van der Waals surface area (Å²) in [5.74, 6) is 0. The number of nitrogens with one attached hydrogen (secondary N) is 2. The summed E-state index contributed by atoms with van der Waals surface area (Å²) in [5.41, 5.74) is -0.155. The van der Waals surface area contributed by atoms with Gasteiger partial charge in [0, 0.05) is 12.1 Å². The quantitative estimate of drug-likeness (QED) is 0.642. The van der Waals surface area contributed by atoms with E-state index in [9.17, 15) is 8.42 Å². The Morgan fingerprint density at radius 3 is 2.47 bits per heavy atom. The van der Waals surface area contributed by atoms with Gasteiger partial charge in [-0.2, -0.15) is 0 Å². The molecule has 90 valence electrons. The van der Waals surface area contributed by atoms with Crippen molar-refractivity contribution in [2.45, 2.75) is 50.8 Å². The van der Waals surface area contributed by atoms with Crippen LogP contribution in [0.3, 0.4) is 0 Å². The van der Waals surface area contributed by atoms with Crippen LogP contribution in [0, 0.1) is 0 Å². The molecule has 0 amide bonds. The van der Waals surface area contributed by atoms with Crippen LogP contribution in [0.2, 0.25) is 0 Å². The van der Waals surface area contributed by atoms with Gasteiger partial charge in [-0.3, -0.25) is 0 Å². The van der Waals surface area contributed by atoms with Crippen LogP contribution in [0.1, 0.15) is 40.0 Å². The first kappa shape index (κ1) is 12.9. The van der Waals surface area contributed by atoms with Crippen molar-refractivity contribution in [2.75, 3.05) is 13.1 Å². The lowest BCUT2D eigenvalue weighted by atomic mass is 10.4. The average Bonchev–Trinajstić information content (AvgIpc) is 2.82. The lowest BCUT2D eigenvalue weighted by molar-refractivity contribution is 0.537. The van der Waals surface area contributed by atoms with Gasteiger partial charge >= 0.3 is 0 Å². The maximum Gasteiger partial charge on any atom is 0.215 e. The second kappa shape index (κ2) is 4.80. The molecule has 0 aromatic carbocycles. The van der Waals surface area contributed by atoms with Crippen molar-refractivity contribution in [2.24, 2.45) is 0 Å². The molecule has 5 heteroatoms. The molecule has 0 aromatic rings. The molecule has 4 nitrogen and oxygen atoms in total. The maximum atomic E-state index is 11.8. The minimum Gasteiger partial charge on any atom is -0.315 e. The average molecular weight is 234 g/mol. The molecule has 15 heavy (non-hydrogen) atoms. The van der Waals surface area contributed by atoms with Crippen molar-refractivity contribution in [1.29, 1.82) is 0 Å². The van der Waals surface area contributed by atoms with Crippen molar-refractivity contribution in [3.63, 3.8) is 0 Å². The molecule has 1 atom stereocenters. The van der Waals surface area contributed by atoms with Crippen molar-refractivity contribution in [3.05, 3.63) is 0 Å². The normalized spacial score (nSPS) is 21.3. The van der Waals surface area contributed by atoms with Crippen molar-refractivity contribution in [3.8, 4) is 0 Å². The smallest absolute Gasteiger partial charge is 0.215 e. The molecule has 0 radical (unpaired) electrons. The molecule has 0 spiro atoms. The number of sulfonamides is 1. The van der Waals surface area contributed by atoms with Crippen LogP contribution >= 0.6 is 0 Å². The number of hydrogen-bond donors (Lipinski definition) is 2. The van der Waals surface area contributed by atoms with Crippen LogP contribution in [-0.4, -0.2) is 32.3 Å². The van der Waals surface area contributed by atoms with Gasteiger partial charge < -0.3 is 5.32 Å². The SMILES string of the molecule is CCCNCC(C)S(=O)(=O)NC1(C)CC1. The van der Waals surface area contributed by atoms with E-state index in [1.807, 2.05) is 6.92 Å². The van der Waals surface area contributed by atoms with Crippen LogP contribution in [0.4, 0.5) is 0 Å². The molecule has 1 rings (SSSR count). The molecule has 1 fully saturated rings. The van der Waals surface area contributed by atoms with Gasteiger partial charge in [-0.05, 0) is 39.7 Å². The number of rotatable bonds is 7. The van der Waals surface area contributed by atoms with E-state index in [0.29, 0.717) is 6.54 Å². The van der Waals surface area contributed by atoms with Gasteiger partial charge in [-0.15, -0.1) is 0 Å². The molecule has 2 N–H and O–H groups in total. The lowest BCUT2D eigenvalue weighted by Gasteiger charge is -2.18. The van der Waals surface area contributed by atoms with Crippen molar-refractivity contribution in [1.82, 2.24) is 10.0 Å². The zero-order valence-corrected chi connectivity index (χ0v) is 10.7. The summed E-state index contributed by atoms with van der Waals surface area (Å²) in [4.78, 5) is 0. The second-order valence-electron chi connectivity index (χ2n) is 4.72. The standard InChI is InChI=1S/C10H22N2O2S/c1-4-7-11-8-9(2)15(13,14)12-10(3)5-6-10/h9,11-12H,4-8H2,1-3H3. The summed E-state index contributed by atoms with van der Waals surface area (Å²) in [6.45, 7) is 7.17. The molecule has 0 heterocycles. The Morgan fingerprint density at radius 2 is 2.00 bits per heavy atom. The summed E-state index contributed by atoms with van der Waals surface area (Å²) in [7, 11) is -3.15. The van der Waals surface area contributed by atoms with Crippen molar-refractivity contribution >= 4 is 10.0 Å². The Kier molecular flexibility index (Phi) is 4.14. The van der Waals surface area contributed by atoms with Crippen LogP contribution in [0.15, 0.2) is 0 Å². The van der Waals surface area contributed by atoms with Gasteiger partial charge in [0.05, 0.1) is 5.25 Å². The summed E-state index contributed by atoms with van der Waals surface area (Å²) < 4.78 is 26.4. The first-order chi connectivity index (χ1) is 6.90. The van der Waals surface area contributed by atoms with E-state index in [-0.39, 0.29) is 10.8 Å². The fourth-order valence-electron chi connectivity index (χ4n) is 1.33. The first-order valence-corrected chi connectivity index (χ1v) is 7.18. The molecule has 0 aromatic heterocycles. The lowest BCUT2D eigenvalue weighted by Crippen LogP contribution is -2.43. The summed E-state index contributed by atoms with van der Waals surface area (Å²) in [6.07, 6.45) is 2.95. The molecule has 0 bridgehead atoms. The molecule has 1 saturated carbocycles. The highest BCUT2D eigenvalue weighted by Crippen LogP contribution is 2.35. The Bertz CT molecular complexity index is 297. The van der Waals surface area contributed by atoms with Crippen LogP contribution in [0.5, 0.6) is 0 Å². The van der Waals surface area contributed by atoms with E-state index in [2.05, 4.69) is 17.0 Å². The second-order valence-corrected chi connectivity index (χ2v) is 6.82. The Labute approximate surface area is 92.9 Å². The topological polar surface area (TPSA) is 58.2 Å². The van der Waals surface area contributed by atoms with E-state index in [1.54, 1.807) is 6.92 Å². The summed E-state index contributed by atoms with van der Waals surface area (Å²) in [6, 6.07) is 0. The van der Waals surface area contributed by atoms with Gasteiger partial charge in [0.2, 0.25) is 10.0 Å². The predicted octanol–water partition coefficient (Wildman–Crippen LogP) is 0.846. The van der Waals surface area contributed by atoms with E-state index < -0.39 is 10.0 Å². The highest BCUT2D eigenvalue weighted by Gasteiger charge is 2.41. The van der Waals surface area contributed by atoms with E-state index in [1.165, 1.54) is 0 Å². The van der Waals surface area contributed by atoms with Gasteiger partial charge in [0.15, 0.2) is 0 Å². The van der Waals surface area contributed by atoms with Crippen molar-refractivity contribution < 1.29 is 8.42 Å².